The molecular weight excluding hydrogens is 294 g/mol. The Morgan fingerprint density at radius 2 is 2.22 bits per heavy atom. The second-order valence-electron chi connectivity index (χ2n) is 5.73. The summed E-state index contributed by atoms with van der Waals surface area (Å²) in [5.41, 5.74) is 1.86. The van der Waals surface area contributed by atoms with Gasteiger partial charge in [-0.15, -0.1) is 0 Å². The minimum absolute atomic E-state index is 0.110. The predicted molar refractivity (Wildman–Crippen MR) is 83.6 cm³/mol. The van der Waals surface area contributed by atoms with Crippen LogP contribution in [0.4, 0.5) is 0 Å². The summed E-state index contributed by atoms with van der Waals surface area (Å²) < 4.78 is 7.53. The maximum Gasteiger partial charge on any atom is 0.224 e. The number of nitrogens with zero attached hydrogens (tertiary/aromatic N) is 5. The van der Waals surface area contributed by atoms with Crippen LogP contribution in [0.15, 0.2) is 24.5 Å². The van der Waals surface area contributed by atoms with E-state index in [1.165, 1.54) is 0 Å². The van der Waals surface area contributed by atoms with Crippen LogP contribution < -0.4 is 0 Å². The average molecular weight is 315 g/mol. The Kier molecular flexibility index (Phi) is 4.66. The molecule has 1 saturated heterocycles. The zero-order valence-electron chi connectivity index (χ0n) is 13.5. The lowest BCUT2D eigenvalue weighted by atomic mass is 10.2. The molecule has 122 valence electrons. The summed E-state index contributed by atoms with van der Waals surface area (Å²) >= 11 is 0. The second-order valence-corrected chi connectivity index (χ2v) is 5.73. The molecule has 1 fully saturated rings. The van der Waals surface area contributed by atoms with Crippen molar-refractivity contribution in [2.24, 2.45) is 0 Å². The van der Waals surface area contributed by atoms with Gasteiger partial charge < -0.3 is 9.64 Å². The van der Waals surface area contributed by atoms with Crippen molar-refractivity contribution < 1.29 is 9.53 Å². The third kappa shape index (κ3) is 3.92. The molecule has 0 bridgehead atoms. The molecule has 7 heteroatoms. The Bertz CT molecular complexity index is 685. The lowest BCUT2D eigenvalue weighted by Crippen LogP contribution is -2.43. The standard InChI is InChI=1S/C16H21N5O2/c1-12-3-6-17-16(18-12)14-11-20(9-10-23-14)15(22)5-8-21-7-4-13(2)19-21/h3-4,6-7,14H,5,8-11H2,1-2H3/t14-/m1/s1. The zero-order valence-corrected chi connectivity index (χ0v) is 13.5. The quantitative estimate of drug-likeness (QED) is 0.850. The maximum absolute atomic E-state index is 12.4. The third-order valence-electron chi connectivity index (χ3n) is 3.85. The molecule has 1 atom stereocenters. The Balaban J connectivity index is 1.58. The average Bonchev–Trinajstić information content (AvgIpc) is 2.98. The van der Waals surface area contributed by atoms with E-state index in [0.717, 1.165) is 11.4 Å². The topological polar surface area (TPSA) is 73.1 Å². The van der Waals surface area contributed by atoms with E-state index < -0.39 is 0 Å². The molecule has 0 N–H and O–H groups in total. The lowest BCUT2D eigenvalue weighted by Gasteiger charge is -2.32. The number of amides is 1. The number of morpholine rings is 1. The smallest absolute Gasteiger partial charge is 0.224 e. The van der Waals surface area contributed by atoms with Crippen LogP contribution in [-0.4, -0.2) is 50.3 Å². The molecule has 1 aliphatic rings. The van der Waals surface area contributed by atoms with Crippen molar-refractivity contribution in [2.75, 3.05) is 19.7 Å². The largest absolute Gasteiger partial charge is 0.367 e. The zero-order chi connectivity index (χ0) is 16.2. The highest BCUT2D eigenvalue weighted by atomic mass is 16.5. The first-order valence-corrected chi connectivity index (χ1v) is 7.81. The second kappa shape index (κ2) is 6.87. The van der Waals surface area contributed by atoms with E-state index in [9.17, 15) is 4.79 Å². The minimum Gasteiger partial charge on any atom is -0.367 e. The van der Waals surface area contributed by atoms with Gasteiger partial charge in [0.05, 0.1) is 18.8 Å². The fourth-order valence-corrected chi connectivity index (χ4v) is 2.61. The normalized spacial score (nSPS) is 18.2. The van der Waals surface area contributed by atoms with Gasteiger partial charge in [0.2, 0.25) is 5.91 Å². The summed E-state index contributed by atoms with van der Waals surface area (Å²) in [5, 5.41) is 4.30. The Labute approximate surface area is 135 Å². The number of hydrogen-bond donors (Lipinski definition) is 0. The number of aromatic nitrogens is 4. The number of carbonyl (C=O) groups is 1. The summed E-state index contributed by atoms with van der Waals surface area (Å²) in [6.07, 6.45) is 3.80. The molecule has 0 unspecified atom stereocenters. The summed E-state index contributed by atoms with van der Waals surface area (Å²) in [5.74, 6) is 0.754. The van der Waals surface area contributed by atoms with Crippen LogP contribution in [0.25, 0.3) is 0 Å². The van der Waals surface area contributed by atoms with Crippen LogP contribution in [0.2, 0.25) is 0 Å². The number of aryl methyl sites for hydroxylation is 3. The molecule has 0 saturated carbocycles. The lowest BCUT2D eigenvalue weighted by molar-refractivity contribution is -0.139. The minimum atomic E-state index is -0.250. The molecule has 3 heterocycles. The molecular formula is C16H21N5O2. The Hall–Kier alpha value is -2.28. The first-order chi connectivity index (χ1) is 11.1. The van der Waals surface area contributed by atoms with E-state index >= 15 is 0 Å². The maximum atomic E-state index is 12.4. The van der Waals surface area contributed by atoms with Gasteiger partial charge in [-0.1, -0.05) is 0 Å². The first kappa shape index (κ1) is 15.6. The van der Waals surface area contributed by atoms with Gasteiger partial charge in [-0.25, -0.2) is 9.97 Å². The van der Waals surface area contributed by atoms with Crippen molar-refractivity contribution in [3.8, 4) is 0 Å². The van der Waals surface area contributed by atoms with Crippen molar-refractivity contribution >= 4 is 5.91 Å². The van der Waals surface area contributed by atoms with Gasteiger partial charge in [0.1, 0.15) is 6.10 Å². The fraction of sp³-hybridized carbons (Fsp3) is 0.500. The highest BCUT2D eigenvalue weighted by Crippen LogP contribution is 2.19. The van der Waals surface area contributed by atoms with E-state index in [1.54, 1.807) is 10.9 Å². The number of ether oxygens (including phenoxy) is 1. The van der Waals surface area contributed by atoms with Crippen LogP contribution in [0.5, 0.6) is 0 Å². The molecule has 1 aliphatic heterocycles. The van der Waals surface area contributed by atoms with Crippen LogP contribution in [-0.2, 0) is 16.1 Å². The number of hydrogen-bond acceptors (Lipinski definition) is 5. The summed E-state index contributed by atoms with van der Waals surface area (Å²) in [7, 11) is 0. The molecule has 2 aromatic heterocycles. The molecule has 0 aromatic carbocycles. The molecule has 0 aliphatic carbocycles. The molecule has 0 spiro atoms. The number of rotatable bonds is 4. The Morgan fingerprint density at radius 3 is 2.96 bits per heavy atom. The van der Waals surface area contributed by atoms with Gasteiger partial charge in [0.25, 0.3) is 0 Å². The molecule has 7 nitrogen and oxygen atoms in total. The molecule has 1 amide bonds. The van der Waals surface area contributed by atoms with Crippen molar-refractivity contribution in [3.05, 3.63) is 41.7 Å². The van der Waals surface area contributed by atoms with Crippen molar-refractivity contribution in [1.29, 1.82) is 0 Å². The van der Waals surface area contributed by atoms with Crippen molar-refractivity contribution in [1.82, 2.24) is 24.6 Å². The van der Waals surface area contributed by atoms with Gasteiger partial charge in [-0.2, -0.15) is 5.10 Å². The fourth-order valence-electron chi connectivity index (χ4n) is 2.61. The van der Waals surface area contributed by atoms with E-state index in [4.69, 9.17) is 4.74 Å². The van der Waals surface area contributed by atoms with Crippen LogP contribution in [0.3, 0.4) is 0 Å². The van der Waals surface area contributed by atoms with E-state index in [-0.39, 0.29) is 12.0 Å². The monoisotopic (exact) mass is 315 g/mol. The molecule has 23 heavy (non-hydrogen) atoms. The van der Waals surface area contributed by atoms with Crippen LogP contribution in [0, 0.1) is 13.8 Å². The molecule has 0 radical (unpaired) electrons. The van der Waals surface area contributed by atoms with Gasteiger partial charge in [0.15, 0.2) is 5.82 Å². The van der Waals surface area contributed by atoms with Crippen LogP contribution >= 0.6 is 0 Å². The predicted octanol–water partition coefficient (Wildman–Crippen LogP) is 1.28. The third-order valence-corrected chi connectivity index (χ3v) is 3.85. The van der Waals surface area contributed by atoms with Crippen molar-refractivity contribution in [3.63, 3.8) is 0 Å². The van der Waals surface area contributed by atoms with E-state index in [1.807, 2.05) is 37.1 Å². The van der Waals surface area contributed by atoms with E-state index in [0.29, 0.717) is 38.5 Å². The van der Waals surface area contributed by atoms with Gasteiger partial charge in [-0.3, -0.25) is 9.48 Å². The van der Waals surface area contributed by atoms with Crippen molar-refractivity contribution in [2.45, 2.75) is 32.9 Å². The highest BCUT2D eigenvalue weighted by molar-refractivity contribution is 5.76. The summed E-state index contributed by atoms with van der Waals surface area (Å²) in [6, 6.07) is 3.78. The summed E-state index contributed by atoms with van der Waals surface area (Å²) in [6.45, 7) is 6.07. The van der Waals surface area contributed by atoms with Gasteiger partial charge >= 0.3 is 0 Å². The summed E-state index contributed by atoms with van der Waals surface area (Å²) in [4.78, 5) is 22.9. The van der Waals surface area contributed by atoms with E-state index in [2.05, 4.69) is 15.1 Å². The van der Waals surface area contributed by atoms with Gasteiger partial charge in [0, 0.05) is 37.6 Å². The first-order valence-electron chi connectivity index (χ1n) is 7.81. The number of carbonyl (C=O) groups excluding carboxylic acids is 1. The SMILES string of the molecule is Cc1ccnc([C@H]2CN(C(=O)CCn3ccc(C)n3)CCO2)n1. The van der Waals surface area contributed by atoms with Gasteiger partial charge in [-0.05, 0) is 26.0 Å². The highest BCUT2D eigenvalue weighted by Gasteiger charge is 2.27. The Morgan fingerprint density at radius 1 is 1.35 bits per heavy atom. The molecule has 3 rings (SSSR count). The van der Waals surface area contributed by atoms with Crippen LogP contribution in [0.1, 0.15) is 29.7 Å². The molecule has 2 aromatic rings.